The lowest BCUT2D eigenvalue weighted by Gasteiger charge is -2.16. The van der Waals surface area contributed by atoms with Crippen LogP contribution in [-0.4, -0.2) is 25.8 Å². The lowest BCUT2D eigenvalue weighted by atomic mass is 10.2. The van der Waals surface area contributed by atoms with E-state index in [-0.39, 0.29) is 18.1 Å². The van der Waals surface area contributed by atoms with E-state index in [0.29, 0.717) is 5.82 Å². The van der Waals surface area contributed by atoms with Gasteiger partial charge in [-0.25, -0.2) is 14.5 Å². The van der Waals surface area contributed by atoms with Crippen LogP contribution in [0, 0.1) is 0 Å². The number of amides is 2. The summed E-state index contributed by atoms with van der Waals surface area (Å²) in [6, 6.07) is 9.31. The molecular formula is C17H22N6O. The van der Waals surface area contributed by atoms with Crippen molar-refractivity contribution in [2.75, 3.05) is 5.32 Å². The van der Waals surface area contributed by atoms with Crippen molar-refractivity contribution in [2.24, 2.45) is 0 Å². The van der Waals surface area contributed by atoms with Gasteiger partial charge >= 0.3 is 6.03 Å². The predicted octanol–water partition coefficient (Wildman–Crippen LogP) is 3.61. The number of carbonyl (C=O) groups excluding carboxylic acids is 1. The Morgan fingerprint density at radius 3 is 2.79 bits per heavy atom. The van der Waals surface area contributed by atoms with Crippen molar-refractivity contribution < 1.29 is 4.79 Å². The third-order valence-electron chi connectivity index (χ3n) is 3.85. The number of rotatable bonds is 5. The maximum Gasteiger partial charge on any atom is 0.320 e. The van der Waals surface area contributed by atoms with Gasteiger partial charge in [0.1, 0.15) is 11.6 Å². The number of imidazole rings is 1. The Bertz CT molecular complexity index is 801. The van der Waals surface area contributed by atoms with Gasteiger partial charge in [0.2, 0.25) is 0 Å². The highest BCUT2D eigenvalue weighted by molar-refractivity contribution is 5.88. The highest BCUT2D eigenvalue weighted by Gasteiger charge is 2.17. The predicted molar refractivity (Wildman–Crippen MR) is 93.9 cm³/mol. The number of aromatic amines is 1. The third-order valence-corrected chi connectivity index (χ3v) is 3.85. The minimum Gasteiger partial charge on any atom is -0.340 e. The summed E-state index contributed by atoms with van der Waals surface area (Å²) in [5, 5.41) is 10.0. The Balaban J connectivity index is 1.72. The van der Waals surface area contributed by atoms with E-state index >= 15 is 0 Å². The number of carbonyl (C=O) groups is 1. The molecule has 2 aromatic heterocycles. The van der Waals surface area contributed by atoms with Crippen molar-refractivity contribution in [3.63, 3.8) is 0 Å². The molecule has 126 valence electrons. The molecule has 0 bridgehead atoms. The van der Waals surface area contributed by atoms with Gasteiger partial charge in [-0.1, -0.05) is 19.1 Å². The van der Waals surface area contributed by atoms with Gasteiger partial charge in [-0.3, -0.25) is 5.32 Å². The van der Waals surface area contributed by atoms with Gasteiger partial charge in [-0.15, -0.1) is 0 Å². The van der Waals surface area contributed by atoms with Crippen molar-refractivity contribution >= 4 is 22.9 Å². The highest BCUT2D eigenvalue weighted by atomic mass is 16.2. The summed E-state index contributed by atoms with van der Waals surface area (Å²) in [5.41, 5.74) is 1.86. The summed E-state index contributed by atoms with van der Waals surface area (Å²) in [6.07, 6.45) is 2.41. The topological polar surface area (TPSA) is 87.6 Å². The average molecular weight is 326 g/mol. The number of benzene rings is 1. The minimum atomic E-state index is -0.273. The Morgan fingerprint density at radius 2 is 2.08 bits per heavy atom. The molecule has 1 aromatic carbocycles. The van der Waals surface area contributed by atoms with E-state index in [4.69, 9.17) is 0 Å². The molecule has 1 atom stereocenters. The first kappa shape index (κ1) is 16.0. The molecule has 0 aliphatic heterocycles. The highest BCUT2D eigenvalue weighted by Crippen LogP contribution is 2.19. The van der Waals surface area contributed by atoms with E-state index in [1.165, 1.54) is 0 Å². The number of hydrogen-bond acceptors (Lipinski definition) is 3. The van der Waals surface area contributed by atoms with E-state index in [9.17, 15) is 4.79 Å². The fourth-order valence-electron chi connectivity index (χ4n) is 2.64. The van der Waals surface area contributed by atoms with Crippen LogP contribution in [0.25, 0.3) is 11.0 Å². The van der Waals surface area contributed by atoms with Crippen LogP contribution in [0.3, 0.4) is 0 Å². The fourth-order valence-corrected chi connectivity index (χ4v) is 2.64. The van der Waals surface area contributed by atoms with Crippen molar-refractivity contribution in [2.45, 2.75) is 39.3 Å². The van der Waals surface area contributed by atoms with Crippen molar-refractivity contribution in [1.82, 2.24) is 25.1 Å². The quantitative estimate of drug-likeness (QED) is 0.669. The van der Waals surface area contributed by atoms with Crippen LogP contribution in [0.2, 0.25) is 0 Å². The fraction of sp³-hybridized carbons (Fsp3) is 0.353. The molecule has 0 aliphatic carbocycles. The van der Waals surface area contributed by atoms with Gasteiger partial charge < -0.3 is 10.3 Å². The largest absolute Gasteiger partial charge is 0.340 e. The first-order valence-electron chi connectivity index (χ1n) is 8.14. The zero-order valence-corrected chi connectivity index (χ0v) is 14.1. The summed E-state index contributed by atoms with van der Waals surface area (Å²) in [6.45, 7) is 6.04. The second-order valence-corrected chi connectivity index (χ2v) is 5.95. The zero-order chi connectivity index (χ0) is 17.1. The number of nitrogens with one attached hydrogen (secondary N) is 3. The average Bonchev–Trinajstić information content (AvgIpc) is 3.18. The van der Waals surface area contributed by atoms with Crippen molar-refractivity contribution in [3.05, 3.63) is 42.4 Å². The van der Waals surface area contributed by atoms with E-state index in [2.05, 4.69) is 25.7 Å². The standard InChI is InChI=1S/C17H22N6O/c1-4-12(16-19-13-7-5-6-8-14(13)20-16)21-17(24)22-15-9-10-18-23(15)11(2)3/h5-12H,4H2,1-3H3,(H,19,20)(H2,21,22,24). The maximum absolute atomic E-state index is 12.3. The lowest BCUT2D eigenvalue weighted by molar-refractivity contribution is 0.247. The monoisotopic (exact) mass is 326 g/mol. The molecule has 2 amide bonds. The van der Waals surface area contributed by atoms with Gasteiger partial charge in [0.25, 0.3) is 0 Å². The van der Waals surface area contributed by atoms with Crippen LogP contribution >= 0.6 is 0 Å². The van der Waals surface area contributed by atoms with Crippen LogP contribution in [0.15, 0.2) is 36.5 Å². The van der Waals surface area contributed by atoms with E-state index < -0.39 is 0 Å². The molecule has 3 aromatic rings. The van der Waals surface area contributed by atoms with Crippen molar-refractivity contribution in [1.29, 1.82) is 0 Å². The number of hydrogen-bond donors (Lipinski definition) is 3. The van der Waals surface area contributed by atoms with Gasteiger partial charge in [0, 0.05) is 12.1 Å². The van der Waals surface area contributed by atoms with E-state index in [1.54, 1.807) is 16.9 Å². The molecule has 2 heterocycles. The molecule has 7 nitrogen and oxygen atoms in total. The second kappa shape index (κ2) is 6.74. The SMILES string of the molecule is CCC(NC(=O)Nc1ccnn1C(C)C)c1nc2ccccc2[nH]1. The van der Waals surface area contributed by atoms with Crippen LogP contribution < -0.4 is 10.6 Å². The Kier molecular flexibility index (Phi) is 4.50. The van der Waals surface area contributed by atoms with Gasteiger partial charge in [-0.05, 0) is 32.4 Å². The summed E-state index contributed by atoms with van der Waals surface area (Å²) < 4.78 is 1.77. The molecule has 0 fully saturated rings. The summed E-state index contributed by atoms with van der Waals surface area (Å²) >= 11 is 0. The molecule has 0 saturated heterocycles. The number of para-hydroxylation sites is 2. The molecule has 1 unspecified atom stereocenters. The molecule has 0 radical (unpaired) electrons. The van der Waals surface area contributed by atoms with Crippen LogP contribution in [0.5, 0.6) is 0 Å². The first-order chi connectivity index (χ1) is 11.6. The first-order valence-corrected chi connectivity index (χ1v) is 8.14. The zero-order valence-electron chi connectivity index (χ0n) is 14.1. The van der Waals surface area contributed by atoms with Crippen LogP contribution in [-0.2, 0) is 0 Å². The maximum atomic E-state index is 12.3. The Morgan fingerprint density at radius 1 is 1.29 bits per heavy atom. The van der Waals surface area contributed by atoms with Gasteiger partial charge in [-0.2, -0.15) is 5.10 Å². The lowest BCUT2D eigenvalue weighted by Crippen LogP contribution is -2.33. The number of anilines is 1. The van der Waals surface area contributed by atoms with E-state index in [1.807, 2.05) is 45.0 Å². The van der Waals surface area contributed by atoms with Crippen LogP contribution in [0.4, 0.5) is 10.6 Å². The molecule has 3 N–H and O–H groups in total. The van der Waals surface area contributed by atoms with E-state index in [0.717, 1.165) is 23.3 Å². The summed E-state index contributed by atoms with van der Waals surface area (Å²) in [4.78, 5) is 20.2. The number of H-pyrrole nitrogens is 1. The molecule has 24 heavy (non-hydrogen) atoms. The Hall–Kier alpha value is -2.83. The second-order valence-electron chi connectivity index (χ2n) is 5.95. The molecule has 0 spiro atoms. The molecule has 0 saturated carbocycles. The third kappa shape index (κ3) is 3.24. The number of fused-ring (bicyclic) bond motifs is 1. The molecular weight excluding hydrogens is 304 g/mol. The molecule has 3 rings (SSSR count). The minimum absolute atomic E-state index is 0.174. The summed E-state index contributed by atoms with van der Waals surface area (Å²) in [5.74, 6) is 1.42. The number of urea groups is 1. The van der Waals surface area contributed by atoms with Gasteiger partial charge in [0.05, 0.1) is 23.3 Å². The molecule has 0 aliphatic rings. The van der Waals surface area contributed by atoms with Crippen LogP contribution in [0.1, 0.15) is 45.1 Å². The summed E-state index contributed by atoms with van der Waals surface area (Å²) in [7, 11) is 0. The van der Waals surface area contributed by atoms with Crippen molar-refractivity contribution in [3.8, 4) is 0 Å². The number of aromatic nitrogens is 4. The Labute approximate surface area is 140 Å². The van der Waals surface area contributed by atoms with Gasteiger partial charge in [0.15, 0.2) is 0 Å². The molecule has 7 heteroatoms. The normalized spacial score (nSPS) is 12.5. The number of nitrogens with zero attached hydrogens (tertiary/aromatic N) is 3. The smallest absolute Gasteiger partial charge is 0.320 e.